The van der Waals surface area contributed by atoms with Crippen LogP contribution < -0.4 is 10.1 Å². The van der Waals surface area contributed by atoms with Crippen molar-refractivity contribution in [1.82, 2.24) is 4.98 Å². The van der Waals surface area contributed by atoms with Crippen LogP contribution >= 0.6 is 0 Å². The number of carbonyl (C=O) groups is 2. The Balaban J connectivity index is 1.58. The van der Waals surface area contributed by atoms with Crippen molar-refractivity contribution in [3.63, 3.8) is 0 Å². The minimum absolute atomic E-state index is 0.126. The molecule has 1 heterocycles. The molecule has 0 saturated heterocycles. The number of para-hydroxylation sites is 1. The van der Waals surface area contributed by atoms with E-state index in [0.717, 1.165) is 41.4 Å². The normalized spacial score (nSPS) is 15.6. The van der Waals surface area contributed by atoms with Gasteiger partial charge in [-0.25, -0.2) is 4.79 Å². The summed E-state index contributed by atoms with van der Waals surface area (Å²) in [7, 11) is 1.56. The molecule has 2 aromatic carbocycles. The lowest BCUT2D eigenvalue weighted by Gasteiger charge is -2.35. The van der Waals surface area contributed by atoms with E-state index in [0.29, 0.717) is 22.9 Å². The maximum atomic E-state index is 13.3. The average molecular weight is 447 g/mol. The minimum Gasteiger partial charge on any atom is -0.497 e. The van der Waals surface area contributed by atoms with E-state index in [1.54, 1.807) is 31.4 Å². The van der Waals surface area contributed by atoms with Gasteiger partial charge in [-0.3, -0.25) is 9.78 Å². The second-order valence-electron chi connectivity index (χ2n) is 9.59. The number of aryl methyl sites for hydroxylation is 1. The van der Waals surface area contributed by atoms with Crippen LogP contribution in [0.2, 0.25) is 0 Å². The summed E-state index contributed by atoms with van der Waals surface area (Å²) in [5, 5.41) is 3.51. The van der Waals surface area contributed by atoms with Crippen molar-refractivity contribution in [3.05, 3.63) is 65.4 Å². The van der Waals surface area contributed by atoms with Crippen molar-refractivity contribution in [2.75, 3.05) is 19.0 Å². The van der Waals surface area contributed by atoms with Crippen LogP contribution in [0, 0.1) is 11.3 Å². The Bertz CT molecular complexity index is 1200. The van der Waals surface area contributed by atoms with Crippen LogP contribution in [-0.2, 0) is 22.4 Å². The number of anilines is 1. The predicted molar refractivity (Wildman–Crippen MR) is 129 cm³/mol. The molecule has 172 valence electrons. The summed E-state index contributed by atoms with van der Waals surface area (Å²) in [6.45, 7) is 6.33. The number of methoxy groups -OCH3 is 1. The molecule has 1 unspecified atom stereocenters. The Morgan fingerprint density at radius 1 is 1.12 bits per heavy atom. The SMILES string of the molecule is COc1cccc(NC(=O)COC(=O)c2c3c(nc4ccccc24)CCC(C(C)(C)C)C3)c1. The van der Waals surface area contributed by atoms with Crippen LogP contribution in [0.25, 0.3) is 10.9 Å². The largest absolute Gasteiger partial charge is 0.497 e. The number of nitrogens with zero attached hydrogens (tertiary/aromatic N) is 1. The van der Waals surface area contributed by atoms with Crippen molar-refractivity contribution in [1.29, 1.82) is 0 Å². The van der Waals surface area contributed by atoms with Crippen LogP contribution in [0.3, 0.4) is 0 Å². The standard InChI is InChI=1S/C27H30N2O4/c1-27(2,3)17-12-13-23-21(14-17)25(20-10-5-6-11-22(20)29-23)26(31)33-16-24(30)28-18-8-7-9-19(15-18)32-4/h5-11,15,17H,12-14,16H2,1-4H3,(H,28,30). The first kappa shape index (κ1) is 22.8. The Hall–Kier alpha value is -3.41. The molecule has 1 amide bonds. The number of aromatic nitrogens is 1. The van der Waals surface area contributed by atoms with E-state index in [1.165, 1.54) is 0 Å². The van der Waals surface area contributed by atoms with Crippen LogP contribution in [0.4, 0.5) is 5.69 Å². The first-order valence-corrected chi connectivity index (χ1v) is 11.3. The van der Waals surface area contributed by atoms with Gasteiger partial charge in [0, 0.05) is 22.8 Å². The molecular formula is C27H30N2O4. The van der Waals surface area contributed by atoms with E-state index in [2.05, 4.69) is 26.1 Å². The summed E-state index contributed by atoms with van der Waals surface area (Å²) < 4.78 is 10.7. The maximum Gasteiger partial charge on any atom is 0.339 e. The predicted octanol–water partition coefficient (Wildman–Crippen LogP) is 5.19. The minimum atomic E-state index is -0.486. The number of ether oxygens (including phenoxy) is 2. The van der Waals surface area contributed by atoms with Gasteiger partial charge in [-0.2, -0.15) is 0 Å². The lowest BCUT2D eigenvalue weighted by atomic mass is 9.70. The zero-order valence-electron chi connectivity index (χ0n) is 19.6. The third-order valence-corrected chi connectivity index (χ3v) is 6.38. The Morgan fingerprint density at radius 2 is 1.91 bits per heavy atom. The van der Waals surface area contributed by atoms with E-state index in [9.17, 15) is 9.59 Å². The number of pyridine rings is 1. The second kappa shape index (κ2) is 9.22. The van der Waals surface area contributed by atoms with Gasteiger partial charge >= 0.3 is 5.97 Å². The molecule has 6 heteroatoms. The molecule has 0 fully saturated rings. The number of rotatable bonds is 5. The molecule has 33 heavy (non-hydrogen) atoms. The number of fused-ring (bicyclic) bond motifs is 2. The quantitative estimate of drug-likeness (QED) is 0.546. The smallest absolute Gasteiger partial charge is 0.339 e. The van der Waals surface area contributed by atoms with E-state index in [4.69, 9.17) is 14.5 Å². The van der Waals surface area contributed by atoms with Gasteiger partial charge in [0.1, 0.15) is 5.75 Å². The van der Waals surface area contributed by atoms with Crippen LogP contribution in [0.5, 0.6) is 5.75 Å². The number of nitrogens with one attached hydrogen (secondary N) is 1. The van der Waals surface area contributed by atoms with Gasteiger partial charge in [-0.05, 0) is 54.4 Å². The molecule has 0 radical (unpaired) electrons. The molecule has 0 bridgehead atoms. The van der Waals surface area contributed by atoms with Crippen molar-refractivity contribution >= 4 is 28.5 Å². The molecule has 3 aromatic rings. The van der Waals surface area contributed by atoms with Gasteiger partial charge in [0.05, 0.1) is 18.2 Å². The number of carbonyl (C=O) groups excluding carboxylic acids is 2. The van der Waals surface area contributed by atoms with Gasteiger partial charge in [-0.1, -0.05) is 45.0 Å². The number of hydrogen-bond donors (Lipinski definition) is 1. The number of esters is 1. The molecule has 0 spiro atoms. The van der Waals surface area contributed by atoms with Crippen LogP contribution in [0.1, 0.15) is 48.8 Å². The Kier molecular flexibility index (Phi) is 6.36. The van der Waals surface area contributed by atoms with E-state index < -0.39 is 11.9 Å². The summed E-state index contributed by atoms with van der Waals surface area (Å²) in [4.78, 5) is 30.6. The third-order valence-electron chi connectivity index (χ3n) is 6.38. The zero-order chi connectivity index (χ0) is 23.6. The highest BCUT2D eigenvalue weighted by Gasteiger charge is 2.33. The second-order valence-corrected chi connectivity index (χ2v) is 9.59. The van der Waals surface area contributed by atoms with Crippen LogP contribution in [0.15, 0.2) is 48.5 Å². The highest BCUT2D eigenvalue weighted by Crippen LogP contribution is 2.39. The molecule has 1 aliphatic carbocycles. The molecule has 1 aromatic heterocycles. The number of hydrogen-bond acceptors (Lipinski definition) is 5. The molecule has 1 atom stereocenters. The lowest BCUT2D eigenvalue weighted by Crippen LogP contribution is -2.29. The van der Waals surface area contributed by atoms with Crippen molar-refractivity contribution in [2.24, 2.45) is 11.3 Å². The van der Waals surface area contributed by atoms with Crippen molar-refractivity contribution in [3.8, 4) is 5.75 Å². The van der Waals surface area contributed by atoms with E-state index in [-0.39, 0.29) is 12.0 Å². The van der Waals surface area contributed by atoms with Gasteiger partial charge < -0.3 is 14.8 Å². The summed E-state index contributed by atoms with van der Waals surface area (Å²) in [5.74, 6) is 0.181. The Morgan fingerprint density at radius 3 is 2.67 bits per heavy atom. The molecule has 1 aliphatic rings. The fraction of sp³-hybridized carbons (Fsp3) is 0.370. The third kappa shape index (κ3) is 5.00. The fourth-order valence-electron chi connectivity index (χ4n) is 4.46. The topological polar surface area (TPSA) is 77.5 Å². The molecular weight excluding hydrogens is 416 g/mol. The van der Waals surface area contributed by atoms with Gasteiger partial charge in [0.2, 0.25) is 0 Å². The highest BCUT2D eigenvalue weighted by molar-refractivity contribution is 6.06. The molecule has 6 nitrogen and oxygen atoms in total. The first-order valence-electron chi connectivity index (χ1n) is 11.3. The van der Waals surface area contributed by atoms with E-state index >= 15 is 0 Å². The van der Waals surface area contributed by atoms with Gasteiger partial charge in [-0.15, -0.1) is 0 Å². The monoisotopic (exact) mass is 446 g/mol. The zero-order valence-corrected chi connectivity index (χ0v) is 19.6. The van der Waals surface area contributed by atoms with Crippen LogP contribution in [-0.4, -0.2) is 30.6 Å². The molecule has 0 saturated carbocycles. The maximum absolute atomic E-state index is 13.3. The molecule has 4 rings (SSSR count). The van der Waals surface area contributed by atoms with E-state index in [1.807, 2.05) is 24.3 Å². The van der Waals surface area contributed by atoms with Gasteiger partial charge in [0.25, 0.3) is 5.91 Å². The summed E-state index contributed by atoms with van der Waals surface area (Å²) in [6.07, 6.45) is 2.65. The first-order chi connectivity index (χ1) is 15.8. The average Bonchev–Trinajstić information content (AvgIpc) is 2.80. The number of benzene rings is 2. The Labute approximate surface area is 194 Å². The summed E-state index contributed by atoms with van der Waals surface area (Å²) >= 11 is 0. The van der Waals surface area contributed by atoms with Gasteiger partial charge in [0.15, 0.2) is 6.61 Å². The van der Waals surface area contributed by atoms with Crippen molar-refractivity contribution in [2.45, 2.75) is 40.0 Å². The molecule has 1 N–H and O–H groups in total. The summed E-state index contributed by atoms with van der Waals surface area (Å²) in [5.41, 5.74) is 3.94. The fourth-order valence-corrected chi connectivity index (χ4v) is 4.46. The van der Waals surface area contributed by atoms with Crippen molar-refractivity contribution < 1.29 is 19.1 Å². The number of amides is 1. The summed E-state index contributed by atoms with van der Waals surface area (Å²) in [6, 6.07) is 14.7. The lowest BCUT2D eigenvalue weighted by molar-refractivity contribution is -0.119. The highest BCUT2D eigenvalue weighted by atomic mass is 16.5. The molecule has 0 aliphatic heterocycles.